The molecule has 2 heterocycles. The number of nitrogens with zero attached hydrogens (tertiary/aromatic N) is 3. The van der Waals surface area contributed by atoms with Crippen LogP contribution in [-0.4, -0.2) is 60.7 Å². The van der Waals surface area contributed by atoms with Gasteiger partial charge in [-0.3, -0.25) is 4.90 Å². The van der Waals surface area contributed by atoms with E-state index >= 15 is 0 Å². The third kappa shape index (κ3) is 4.33. The van der Waals surface area contributed by atoms with Crippen LogP contribution in [0.25, 0.3) is 0 Å². The Balaban J connectivity index is 1.84. The second kappa shape index (κ2) is 7.25. The number of anilines is 2. The summed E-state index contributed by atoms with van der Waals surface area (Å²) in [4.78, 5) is 10.8. The first-order valence-electron chi connectivity index (χ1n) is 7.00. The Hall–Kier alpha value is -1.40. The number of piperazine rings is 1. The summed E-state index contributed by atoms with van der Waals surface area (Å²) in [6, 6.07) is 2.47. The SMILES string of the molecule is CCCNc1cc(NCC2CNCCN2C)ncn1. The maximum Gasteiger partial charge on any atom is 0.131 e. The van der Waals surface area contributed by atoms with Crippen LogP contribution < -0.4 is 16.0 Å². The molecule has 0 amide bonds. The predicted octanol–water partition coefficient (Wildman–Crippen LogP) is 0.614. The van der Waals surface area contributed by atoms with E-state index in [0.717, 1.165) is 50.8 Å². The predicted molar refractivity (Wildman–Crippen MR) is 78.6 cm³/mol. The molecule has 1 fully saturated rings. The zero-order valence-corrected chi connectivity index (χ0v) is 11.8. The van der Waals surface area contributed by atoms with Crippen LogP contribution in [-0.2, 0) is 0 Å². The number of likely N-dealkylation sites (N-methyl/N-ethyl adjacent to an activating group) is 1. The Labute approximate surface area is 115 Å². The monoisotopic (exact) mass is 264 g/mol. The van der Waals surface area contributed by atoms with Gasteiger partial charge in [0.15, 0.2) is 0 Å². The molecule has 1 aliphatic rings. The van der Waals surface area contributed by atoms with E-state index in [4.69, 9.17) is 0 Å². The molecule has 2 rings (SSSR count). The molecule has 6 nitrogen and oxygen atoms in total. The summed E-state index contributed by atoms with van der Waals surface area (Å²) in [5.41, 5.74) is 0. The summed E-state index contributed by atoms with van der Waals surface area (Å²) in [5, 5.41) is 10.1. The first-order valence-corrected chi connectivity index (χ1v) is 7.00. The van der Waals surface area contributed by atoms with Crippen LogP contribution in [0.2, 0.25) is 0 Å². The zero-order valence-electron chi connectivity index (χ0n) is 11.8. The number of hydrogen-bond donors (Lipinski definition) is 3. The Kier molecular flexibility index (Phi) is 5.35. The van der Waals surface area contributed by atoms with Crippen molar-refractivity contribution in [2.24, 2.45) is 0 Å². The van der Waals surface area contributed by atoms with Crippen LogP contribution >= 0.6 is 0 Å². The molecule has 106 valence electrons. The van der Waals surface area contributed by atoms with Crippen molar-refractivity contribution in [1.82, 2.24) is 20.2 Å². The second-order valence-electron chi connectivity index (χ2n) is 4.93. The molecule has 1 atom stereocenters. The standard InChI is InChI=1S/C13H24N6/c1-3-4-15-12-7-13(18-10-17-12)16-9-11-8-14-5-6-19(11)2/h7,10-11,14H,3-6,8-9H2,1-2H3,(H2,15,16,17,18). The van der Waals surface area contributed by atoms with Gasteiger partial charge >= 0.3 is 0 Å². The average molecular weight is 264 g/mol. The summed E-state index contributed by atoms with van der Waals surface area (Å²) in [6.45, 7) is 7.17. The van der Waals surface area contributed by atoms with Crippen LogP contribution in [0, 0.1) is 0 Å². The van der Waals surface area contributed by atoms with E-state index in [1.807, 2.05) is 6.07 Å². The molecular weight excluding hydrogens is 240 g/mol. The second-order valence-corrected chi connectivity index (χ2v) is 4.93. The fourth-order valence-electron chi connectivity index (χ4n) is 2.12. The molecular formula is C13H24N6. The lowest BCUT2D eigenvalue weighted by atomic mass is 10.2. The molecule has 0 radical (unpaired) electrons. The lowest BCUT2D eigenvalue weighted by Gasteiger charge is -2.33. The molecule has 0 spiro atoms. The third-order valence-electron chi connectivity index (χ3n) is 3.39. The van der Waals surface area contributed by atoms with Crippen molar-refractivity contribution in [3.8, 4) is 0 Å². The smallest absolute Gasteiger partial charge is 0.131 e. The van der Waals surface area contributed by atoms with Crippen molar-refractivity contribution in [2.45, 2.75) is 19.4 Å². The van der Waals surface area contributed by atoms with Crippen molar-refractivity contribution >= 4 is 11.6 Å². The van der Waals surface area contributed by atoms with Crippen LogP contribution in [0.15, 0.2) is 12.4 Å². The fourth-order valence-corrected chi connectivity index (χ4v) is 2.12. The van der Waals surface area contributed by atoms with Crippen molar-refractivity contribution < 1.29 is 0 Å². The van der Waals surface area contributed by atoms with Crippen molar-refractivity contribution in [3.63, 3.8) is 0 Å². The van der Waals surface area contributed by atoms with Gasteiger partial charge in [-0.1, -0.05) is 6.92 Å². The van der Waals surface area contributed by atoms with Crippen LogP contribution in [0.5, 0.6) is 0 Å². The molecule has 6 heteroatoms. The third-order valence-corrected chi connectivity index (χ3v) is 3.39. The summed E-state index contributed by atoms with van der Waals surface area (Å²) >= 11 is 0. The number of nitrogens with one attached hydrogen (secondary N) is 3. The highest BCUT2D eigenvalue weighted by Gasteiger charge is 2.17. The minimum absolute atomic E-state index is 0.510. The fraction of sp³-hybridized carbons (Fsp3) is 0.692. The number of aromatic nitrogens is 2. The van der Waals surface area contributed by atoms with E-state index < -0.39 is 0 Å². The summed E-state index contributed by atoms with van der Waals surface area (Å²) in [6.07, 6.45) is 2.69. The van der Waals surface area contributed by atoms with E-state index in [1.54, 1.807) is 6.33 Å². The first-order chi connectivity index (χ1) is 9.29. The van der Waals surface area contributed by atoms with Gasteiger partial charge in [0, 0.05) is 44.8 Å². The Morgan fingerprint density at radius 2 is 2.16 bits per heavy atom. The van der Waals surface area contributed by atoms with Crippen molar-refractivity contribution in [3.05, 3.63) is 12.4 Å². The Bertz CT molecular complexity index is 383. The van der Waals surface area contributed by atoms with Crippen LogP contribution in [0.4, 0.5) is 11.6 Å². The highest BCUT2D eigenvalue weighted by molar-refractivity contribution is 5.46. The highest BCUT2D eigenvalue weighted by atomic mass is 15.2. The first kappa shape index (κ1) is 14.0. The zero-order chi connectivity index (χ0) is 13.5. The molecule has 1 aromatic rings. The normalized spacial score (nSPS) is 20.2. The van der Waals surface area contributed by atoms with E-state index in [1.165, 1.54) is 0 Å². The summed E-state index contributed by atoms with van der Waals surface area (Å²) in [7, 11) is 2.17. The van der Waals surface area contributed by atoms with Gasteiger partial charge in [0.1, 0.15) is 18.0 Å². The molecule has 1 unspecified atom stereocenters. The molecule has 1 saturated heterocycles. The lowest BCUT2D eigenvalue weighted by Crippen LogP contribution is -2.52. The molecule has 1 aromatic heterocycles. The maximum absolute atomic E-state index is 4.26. The van der Waals surface area contributed by atoms with Crippen molar-refractivity contribution in [1.29, 1.82) is 0 Å². The van der Waals surface area contributed by atoms with Gasteiger partial charge in [-0.2, -0.15) is 0 Å². The van der Waals surface area contributed by atoms with Gasteiger partial charge in [-0.15, -0.1) is 0 Å². The van der Waals surface area contributed by atoms with Gasteiger partial charge in [0.05, 0.1) is 0 Å². The van der Waals surface area contributed by atoms with Crippen LogP contribution in [0.1, 0.15) is 13.3 Å². The molecule has 1 aliphatic heterocycles. The van der Waals surface area contributed by atoms with E-state index in [9.17, 15) is 0 Å². The van der Waals surface area contributed by atoms with Gasteiger partial charge < -0.3 is 16.0 Å². The van der Waals surface area contributed by atoms with Crippen LogP contribution in [0.3, 0.4) is 0 Å². The van der Waals surface area contributed by atoms with Gasteiger partial charge in [0.25, 0.3) is 0 Å². The van der Waals surface area contributed by atoms with Crippen molar-refractivity contribution in [2.75, 3.05) is 50.4 Å². The topological polar surface area (TPSA) is 65.1 Å². The summed E-state index contributed by atoms with van der Waals surface area (Å²) < 4.78 is 0. The van der Waals surface area contributed by atoms with E-state index in [2.05, 4.69) is 44.8 Å². The molecule has 0 saturated carbocycles. The lowest BCUT2D eigenvalue weighted by molar-refractivity contribution is 0.209. The van der Waals surface area contributed by atoms with Gasteiger partial charge in [-0.25, -0.2) is 9.97 Å². The molecule has 0 aromatic carbocycles. The number of rotatable bonds is 6. The molecule has 0 aliphatic carbocycles. The minimum atomic E-state index is 0.510. The quantitative estimate of drug-likeness (QED) is 0.700. The van der Waals surface area contributed by atoms with E-state index in [-0.39, 0.29) is 0 Å². The summed E-state index contributed by atoms with van der Waals surface area (Å²) in [5.74, 6) is 1.77. The van der Waals surface area contributed by atoms with Gasteiger partial charge in [-0.05, 0) is 13.5 Å². The van der Waals surface area contributed by atoms with Gasteiger partial charge in [0.2, 0.25) is 0 Å². The highest BCUT2D eigenvalue weighted by Crippen LogP contribution is 2.09. The largest absolute Gasteiger partial charge is 0.370 e. The maximum atomic E-state index is 4.26. The number of hydrogen-bond acceptors (Lipinski definition) is 6. The molecule has 3 N–H and O–H groups in total. The molecule has 0 bridgehead atoms. The minimum Gasteiger partial charge on any atom is -0.370 e. The Morgan fingerprint density at radius 3 is 2.89 bits per heavy atom. The van der Waals surface area contributed by atoms with E-state index in [0.29, 0.717) is 6.04 Å². The molecule has 19 heavy (non-hydrogen) atoms. The average Bonchev–Trinajstić information content (AvgIpc) is 2.45. The Morgan fingerprint density at radius 1 is 1.37 bits per heavy atom.